The highest BCUT2D eigenvalue weighted by molar-refractivity contribution is 7.86. The highest BCUT2D eigenvalue weighted by atomic mass is 32.2. The summed E-state index contributed by atoms with van der Waals surface area (Å²) in [5.41, 5.74) is 7.94. The highest BCUT2D eigenvalue weighted by Crippen LogP contribution is 2.39. The molecule has 0 saturated carbocycles. The van der Waals surface area contributed by atoms with Crippen LogP contribution in [-0.2, 0) is 26.8 Å². The third-order valence-corrected chi connectivity index (χ3v) is 7.45. The van der Waals surface area contributed by atoms with E-state index in [2.05, 4.69) is 0 Å². The summed E-state index contributed by atoms with van der Waals surface area (Å²) in [7, 11) is -9.85. The summed E-state index contributed by atoms with van der Waals surface area (Å²) in [5.74, 6) is 0. The minimum absolute atomic E-state index is 0.0683. The summed E-state index contributed by atoms with van der Waals surface area (Å²) in [6.45, 7) is 0.302. The number of benzene rings is 3. The van der Waals surface area contributed by atoms with E-state index in [4.69, 9.17) is 26.1 Å². The second kappa shape index (κ2) is 12.6. The average Bonchev–Trinajstić information content (AvgIpc) is 2.93. The van der Waals surface area contributed by atoms with Crippen LogP contribution in [0.15, 0.2) is 60.2 Å². The standard InChI is InChI=1S/C20H13NO10S2.2C2H7NO/c22-6-5-21-19(23)11-2-1-10-13-7-9(32(25,26)27)8-15(33(28,29)30)18(13)31-14-4-3-12(20(21)24)16(11)17(10)14;2*3-1-2-4/h1-4,7-8,22H,5-6H2,(H,25,26,27)(H,28,29,30);2*4H,1-3H2. The van der Waals surface area contributed by atoms with Gasteiger partial charge in [0.1, 0.15) is 10.5 Å². The van der Waals surface area contributed by atoms with Crippen LogP contribution in [0.25, 0.3) is 43.5 Å². The molecule has 0 aliphatic carbocycles. The summed E-state index contributed by atoms with van der Waals surface area (Å²) in [6, 6.07) is 7.09. The number of fused-ring (bicyclic) bond motifs is 2. The Bertz CT molecular complexity index is 2010. The fourth-order valence-corrected chi connectivity index (χ4v) is 5.42. The van der Waals surface area contributed by atoms with Crippen LogP contribution < -0.4 is 22.6 Å². The lowest BCUT2D eigenvalue weighted by molar-refractivity contribution is 0.273. The van der Waals surface area contributed by atoms with Gasteiger partial charge in [-0.15, -0.1) is 0 Å². The molecule has 0 spiro atoms. The van der Waals surface area contributed by atoms with Gasteiger partial charge in [-0.1, -0.05) is 6.07 Å². The van der Waals surface area contributed by atoms with Crippen LogP contribution in [0.2, 0.25) is 0 Å². The molecular weight excluding hydrogens is 586 g/mol. The first-order chi connectivity index (χ1) is 19.3. The third-order valence-electron chi connectivity index (χ3n) is 5.76. The van der Waals surface area contributed by atoms with Gasteiger partial charge in [-0.3, -0.25) is 23.3 Å². The van der Waals surface area contributed by atoms with Crippen molar-refractivity contribution in [2.45, 2.75) is 16.3 Å². The largest absolute Gasteiger partial charge is 0.455 e. The van der Waals surface area contributed by atoms with Gasteiger partial charge in [-0.05, 0) is 35.7 Å². The normalized spacial score (nSPS) is 12.0. The van der Waals surface area contributed by atoms with Gasteiger partial charge in [0.2, 0.25) is 0 Å². The molecule has 15 nitrogen and oxygen atoms in total. The van der Waals surface area contributed by atoms with E-state index in [9.17, 15) is 40.6 Å². The van der Waals surface area contributed by atoms with E-state index < -0.39 is 47.8 Å². The molecule has 5 aromatic rings. The van der Waals surface area contributed by atoms with Gasteiger partial charge in [0, 0.05) is 40.0 Å². The zero-order valence-electron chi connectivity index (χ0n) is 21.2. The van der Waals surface area contributed by atoms with E-state index in [1.807, 2.05) is 0 Å². The highest BCUT2D eigenvalue weighted by Gasteiger charge is 2.25. The molecule has 0 radical (unpaired) electrons. The lowest BCUT2D eigenvalue weighted by atomic mass is 9.96. The monoisotopic (exact) mass is 613 g/mol. The zero-order chi connectivity index (χ0) is 30.7. The molecule has 0 unspecified atom stereocenters. The Morgan fingerprint density at radius 3 is 1.68 bits per heavy atom. The Morgan fingerprint density at radius 1 is 0.707 bits per heavy atom. The fraction of sp³-hybridized carbons (Fsp3) is 0.250. The molecule has 0 fully saturated rings. The molecule has 222 valence electrons. The maximum atomic E-state index is 12.9. The molecule has 0 atom stereocenters. The molecule has 3 aromatic carbocycles. The summed E-state index contributed by atoms with van der Waals surface area (Å²) in [4.78, 5) is 24.1. The van der Waals surface area contributed by atoms with E-state index in [1.165, 1.54) is 24.3 Å². The molecule has 0 amide bonds. The topological polar surface area (TPSA) is 274 Å². The van der Waals surface area contributed by atoms with Gasteiger partial charge < -0.3 is 31.2 Å². The van der Waals surface area contributed by atoms with Gasteiger partial charge >= 0.3 is 0 Å². The Hall–Kier alpha value is -3.52. The third kappa shape index (κ3) is 6.22. The zero-order valence-corrected chi connectivity index (χ0v) is 22.9. The molecule has 5 rings (SSSR count). The summed E-state index contributed by atoms with van der Waals surface area (Å²) in [6.07, 6.45) is 0. The van der Waals surface area contributed by atoms with Gasteiger partial charge in [0.25, 0.3) is 31.4 Å². The number of nitrogens with two attached hydrogens (primary N) is 2. The number of aliphatic hydroxyl groups is 3. The molecule has 2 aromatic heterocycles. The molecule has 0 aliphatic rings. The van der Waals surface area contributed by atoms with Crippen LogP contribution in [0, 0.1) is 0 Å². The first-order valence-electron chi connectivity index (χ1n) is 11.8. The Labute approximate surface area is 231 Å². The maximum absolute atomic E-state index is 12.9. The number of hydrogen-bond donors (Lipinski definition) is 7. The van der Waals surface area contributed by atoms with Gasteiger partial charge in [-0.25, -0.2) is 0 Å². The number of pyridine rings is 1. The molecule has 0 aliphatic heterocycles. The van der Waals surface area contributed by atoms with E-state index in [0.29, 0.717) is 19.2 Å². The molecule has 17 heteroatoms. The van der Waals surface area contributed by atoms with Crippen molar-refractivity contribution in [1.29, 1.82) is 0 Å². The van der Waals surface area contributed by atoms with E-state index in [1.54, 1.807) is 0 Å². The molecule has 0 bridgehead atoms. The van der Waals surface area contributed by atoms with Gasteiger partial charge in [-0.2, -0.15) is 16.8 Å². The average molecular weight is 614 g/mol. The van der Waals surface area contributed by atoms with Crippen molar-refractivity contribution in [2.75, 3.05) is 32.9 Å². The van der Waals surface area contributed by atoms with E-state index >= 15 is 0 Å². The minimum Gasteiger partial charge on any atom is -0.455 e. The van der Waals surface area contributed by atoms with Crippen LogP contribution in [0.5, 0.6) is 0 Å². The first kappa shape index (κ1) is 32.0. The molecule has 2 heterocycles. The van der Waals surface area contributed by atoms with Crippen LogP contribution in [0.3, 0.4) is 0 Å². The predicted molar refractivity (Wildman–Crippen MR) is 149 cm³/mol. The summed E-state index contributed by atoms with van der Waals surface area (Å²) >= 11 is 0. The molecule has 9 N–H and O–H groups in total. The van der Waals surface area contributed by atoms with Crippen molar-refractivity contribution in [3.63, 3.8) is 0 Å². The van der Waals surface area contributed by atoms with Crippen LogP contribution in [0.4, 0.5) is 0 Å². The second-order valence-electron chi connectivity index (χ2n) is 8.38. The number of aromatic nitrogens is 1. The summed E-state index contributed by atoms with van der Waals surface area (Å²) < 4.78 is 73.2. The lowest BCUT2D eigenvalue weighted by Gasteiger charge is -2.15. The number of hydrogen-bond acceptors (Lipinski definition) is 12. The molecule has 41 heavy (non-hydrogen) atoms. The predicted octanol–water partition coefficient (Wildman–Crippen LogP) is -0.787. The fourth-order valence-electron chi connectivity index (χ4n) is 4.15. The molecular formula is C24H27N3O12S2. The second-order valence-corrected chi connectivity index (χ2v) is 11.2. The Kier molecular flexibility index (Phi) is 9.80. The van der Waals surface area contributed by atoms with Crippen molar-refractivity contribution in [2.24, 2.45) is 11.5 Å². The first-order valence-corrected chi connectivity index (χ1v) is 14.6. The number of nitrogens with zero attached hydrogens (tertiary/aromatic N) is 1. The van der Waals surface area contributed by atoms with Crippen LogP contribution >= 0.6 is 0 Å². The summed E-state index contributed by atoms with van der Waals surface area (Å²) in [5, 5.41) is 25.6. The van der Waals surface area contributed by atoms with Crippen molar-refractivity contribution in [3.8, 4) is 0 Å². The smallest absolute Gasteiger partial charge is 0.298 e. The quantitative estimate of drug-likeness (QED) is 0.0702. The van der Waals surface area contributed by atoms with Crippen molar-refractivity contribution < 1.29 is 45.7 Å². The van der Waals surface area contributed by atoms with Crippen molar-refractivity contribution in [1.82, 2.24) is 4.57 Å². The maximum Gasteiger partial charge on any atom is 0.298 e. The Morgan fingerprint density at radius 2 is 1.22 bits per heavy atom. The lowest BCUT2D eigenvalue weighted by Crippen LogP contribution is -2.34. The minimum atomic E-state index is -4.98. The van der Waals surface area contributed by atoms with E-state index in [-0.39, 0.29) is 63.2 Å². The van der Waals surface area contributed by atoms with Crippen molar-refractivity contribution >= 4 is 63.7 Å². The van der Waals surface area contributed by atoms with Crippen LogP contribution in [-0.4, -0.2) is 78.7 Å². The van der Waals surface area contributed by atoms with E-state index in [0.717, 1.165) is 10.6 Å². The number of rotatable bonds is 6. The SMILES string of the molecule is NCCO.NCCO.O=c1c2ccc3oc4c(S(=O)(=O)O)cc(S(=O)(=O)O)cc4c4ccc(c(=O)n1CCO)c2c34. The Balaban J connectivity index is 0.000000515. The number of aliphatic hydroxyl groups excluding tert-OH is 3. The van der Waals surface area contributed by atoms with Crippen LogP contribution in [0.1, 0.15) is 0 Å². The van der Waals surface area contributed by atoms with Gasteiger partial charge in [0.15, 0.2) is 5.58 Å². The van der Waals surface area contributed by atoms with Crippen molar-refractivity contribution in [3.05, 3.63) is 57.1 Å². The van der Waals surface area contributed by atoms with Gasteiger partial charge in [0.05, 0.1) is 31.3 Å². The molecule has 0 saturated heterocycles.